The summed E-state index contributed by atoms with van der Waals surface area (Å²) in [6.07, 6.45) is 0.731. The first kappa shape index (κ1) is 41.8. The van der Waals surface area contributed by atoms with Crippen LogP contribution in [0, 0.1) is 16.7 Å². The van der Waals surface area contributed by atoms with E-state index in [0.717, 1.165) is 4.70 Å². The molecule has 0 aliphatic heterocycles. The van der Waals surface area contributed by atoms with Crippen LogP contribution in [0.3, 0.4) is 0 Å². The summed E-state index contributed by atoms with van der Waals surface area (Å²) in [5.41, 5.74) is 16.7. The molecule has 14 N–H and O–H groups in total. The van der Waals surface area contributed by atoms with Gasteiger partial charge < -0.3 is 49.1 Å². The Morgan fingerprint density at radius 2 is 1.25 bits per heavy atom. The van der Waals surface area contributed by atoms with Gasteiger partial charge in [-0.25, -0.2) is 4.98 Å². The van der Waals surface area contributed by atoms with Gasteiger partial charge in [0.2, 0.25) is 35.3 Å². The molecule has 280 valence electrons. The molecular weight excluding hydrogens is 680 g/mol. The minimum atomic E-state index is -1.31. The third kappa shape index (κ3) is 15.4. The minimum absolute atomic E-state index is 0.0920. The molecule has 0 radical (unpaired) electrons. The van der Waals surface area contributed by atoms with Crippen LogP contribution in [0.25, 0.3) is 10.2 Å². The number of primary amides is 1. The number of thiazole rings is 1. The summed E-state index contributed by atoms with van der Waals surface area (Å²) in [6, 6.07) is 2.70. The summed E-state index contributed by atoms with van der Waals surface area (Å²) >= 11 is 1.19. The monoisotopic (exact) mass is 730 g/mol. The molecular formula is C32H50N12O6S. The van der Waals surface area contributed by atoms with E-state index in [0.29, 0.717) is 18.4 Å². The number of ketones is 1. The van der Waals surface area contributed by atoms with Gasteiger partial charge in [0.1, 0.15) is 18.1 Å². The fraction of sp³-hybridized carbons (Fsp3) is 0.531. The first-order valence-electron chi connectivity index (χ1n) is 16.6. The van der Waals surface area contributed by atoms with Gasteiger partial charge in [-0.15, -0.1) is 11.3 Å². The van der Waals surface area contributed by atoms with Gasteiger partial charge >= 0.3 is 0 Å². The molecule has 1 heterocycles. The zero-order valence-corrected chi connectivity index (χ0v) is 29.9. The zero-order valence-electron chi connectivity index (χ0n) is 29.1. The number of nitrogens with two attached hydrogens (primary N) is 3. The third-order valence-electron chi connectivity index (χ3n) is 7.45. The van der Waals surface area contributed by atoms with Gasteiger partial charge in [-0.05, 0) is 56.6 Å². The van der Waals surface area contributed by atoms with E-state index in [1.807, 2.05) is 26.0 Å². The Balaban J connectivity index is 2.29. The minimum Gasteiger partial charge on any atom is -0.370 e. The summed E-state index contributed by atoms with van der Waals surface area (Å²) in [5, 5.41) is 30.7. The van der Waals surface area contributed by atoms with Crippen molar-refractivity contribution >= 4 is 68.8 Å². The van der Waals surface area contributed by atoms with E-state index in [-0.39, 0.29) is 68.0 Å². The van der Waals surface area contributed by atoms with Gasteiger partial charge in [0.15, 0.2) is 16.9 Å². The highest BCUT2D eigenvalue weighted by Crippen LogP contribution is 2.23. The molecule has 0 spiro atoms. The van der Waals surface area contributed by atoms with Crippen LogP contribution in [0.15, 0.2) is 24.3 Å². The smallest absolute Gasteiger partial charge is 0.243 e. The quantitative estimate of drug-likeness (QED) is 0.0311. The zero-order chi connectivity index (χ0) is 38.1. The molecule has 5 amide bonds. The fourth-order valence-electron chi connectivity index (χ4n) is 5.04. The van der Waals surface area contributed by atoms with Gasteiger partial charge in [0, 0.05) is 26.4 Å². The van der Waals surface area contributed by atoms with Crippen LogP contribution in [0.4, 0.5) is 0 Å². The maximum absolute atomic E-state index is 13.8. The maximum atomic E-state index is 13.8. The van der Waals surface area contributed by atoms with Crippen molar-refractivity contribution in [1.82, 2.24) is 36.9 Å². The second kappa shape index (κ2) is 21.0. The summed E-state index contributed by atoms with van der Waals surface area (Å²) in [7, 11) is 0. The van der Waals surface area contributed by atoms with Crippen molar-refractivity contribution in [2.75, 3.05) is 13.1 Å². The molecule has 0 saturated heterocycles. The van der Waals surface area contributed by atoms with Crippen LogP contribution >= 0.6 is 11.3 Å². The van der Waals surface area contributed by atoms with Crippen LogP contribution in [-0.2, 0) is 24.0 Å². The van der Waals surface area contributed by atoms with Crippen molar-refractivity contribution in [3.63, 3.8) is 0 Å². The van der Waals surface area contributed by atoms with Crippen molar-refractivity contribution in [2.45, 2.75) is 89.9 Å². The highest BCUT2D eigenvalue weighted by molar-refractivity contribution is 7.20. The van der Waals surface area contributed by atoms with E-state index >= 15 is 0 Å². The summed E-state index contributed by atoms with van der Waals surface area (Å²) in [4.78, 5) is 82.4. The maximum Gasteiger partial charge on any atom is 0.243 e. The number of amides is 5. The molecule has 18 nitrogen and oxygen atoms in total. The Bertz CT molecular complexity index is 1530. The average Bonchev–Trinajstić information content (AvgIpc) is 3.48. The Kier molecular flexibility index (Phi) is 17.2. The molecule has 0 unspecified atom stereocenters. The third-order valence-corrected chi connectivity index (χ3v) is 8.51. The standard InChI is InChI=1S/C32H50N12O6S/c1-17(2)16-23(29(50)41-20(9-6-14-38-31(34)35)26(47)30-44-19-8-4-5-11-24(19)51-30)43-28(49)22(12-13-25(33)46)42-27(48)21(40-18(3)45)10-7-15-39-32(36)37/h4-5,8,11,17,20-23H,6-7,9-10,12-16H2,1-3H3,(H2,33,46)(H,40,45)(H,41,50)(H,42,48)(H,43,49)(H4,34,35,38)(H4,36,37,39)/t20-,21-,22-,23-/m0/s1. The number of rotatable bonds is 22. The molecule has 2 aromatic rings. The van der Waals surface area contributed by atoms with E-state index in [9.17, 15) is 28.8 Å². The van der Waals surface area contributed by atoms with E-state index < -0.39 is 59.5 Å². The second-order valence-electron chi connectivity index (χ2n) is 12.4. The summed E-state index contributed by atoms with van der Waals surface area (Å²) in [6.45, 7) is 5.44. The molecule has 1 aromatic carbocycles. The first-order valence-corrected chi connectivity index (χ1v) is 17.4. The number of fused-ring (bicyclic) bond motifs is 1. The SMILES string of the molecule is CC(=O)N[C@@H](CCCNC(=N)N)C(=O)N[C@@H](CCC(N)=O)C(=O)N[C@@H](CC(C)C)C(=O)N[C@@H](CCCNC(=N)N)C(=O)c1nc2ccccc2s1. The lowest BCUT2D eigenvalue weighted by Crippen LogP contribution is -2.58. The number of carbonyl (C=O) groups is 6. The predicted molar refractivity (Wildman–Crippen MR) is 194 cm³/mol. The first-order chi connectivity index (χ1) is 24.1. The fourth-order valence-corrected chi connectivity index (χ4v) is 6.00. The van der Waals surface area contributed by atoms with Crippen molar-refractivity contribution in [1.29, 1.82) is 10.8 Å². The molecule has 0 saturated carbocycles. The number of hydrogen-bond donors (Lipinski definition) is 11. The number of hydrogen-bond acceptors (Lipinski definition) is 10. The number of carbonyl (C=O) groups excluding carboxylic acids is 6. The van der Waals surface area contributed by atoms with E-state index in [1.165, 1.54) is 18.3 Å². The van der Waals surface area contributed by atoms with Crippen LogP contribution in [0.2, 0.25) is 0 Å². The molecule has 51 heavy (non-hydrogen) atoms. The number of para-hydroxylation sites is 1. The number of guanidine groups is 2. The molecule has 19 heteroatoms. The van der Waals surface area contributed by atoms with Crippen LogP contribution in [-0.4, -0.2) is 89.5 Å². The second-order valence-corrected chi connectivity index (χ2v) is 13.4. The molecule has 0 bridgehead atoms. The normalized spacial score (nSPS) is 13.3. The molecule has 1 aromatic heterocycles. The average molecular weight is 731 g/mol. The van der Waals surface area contributed by atoms with Gasteiger partial charge in [-0.3, -0.25) is 39.6 Å². The van der Waals surface area contributed by atoms with Gasteiger partial charge in [0.25, 0.3) is 0 Å². The summed E-state index contributed by atoms with van der Waals surface area (Å²) < 4.78 is 0.798. The number of benzene rings is 1. The Morgan fingerprint density at radius 3 is 1.78 bits per heavy atom. The van der Waals surface area contributed by atoms with Crippen molar-refractivity contribution in [3.05, 3.63) is 29.3 Å². The number of aromatic nitrogens is 1. The van der Waals surface area contributed by atoms with Crippen molar-refractivity contribution in [3.8, 4) is 0 Å². The number of nitrogens with zero attached hydrogens (tertiary/aromatic N) is 1. The van der Waals surface area contributed by atoms with Gasteiger partial charge in [-0.1, -0.05) is 26.0 Å². The predicted octanol–water partition coefficient (Wildman–Crippen LogP) is -0.724. The van der Waals surface area contributed by atoms with Crippen molar-refractivity contribution < 1.29 is 28.8 Å². The lowest BCUT2D eigenvalue weighted by atomic mass is 10.00. The molecule has 2 rings (SSSR count). The highest BCUT2D eigenvalue weighted by Gasteiger charge is 2.32. The van der Waals surface area contributed by atoms with E-state index in [2.05, 4.69) is 36.9 Å². The number of Topliss-reactive ketones (excluding diaryl/α,β-unsaturated/α-hetero) is 1. The van der Waals surface area contributed by atoms with Crippen molar-refractivity contribution in [2.24, 2.45) is 23.1 Å². The lowest BCUT2D eigenvalue weighted by Gasteiger charge is -2.27. The molecule has 4 atom stereocenters. The Morgan fingerprint density at radius 1 is 0.745 bits per heavy atom. The highest BCUT2D eigenvalue weighted by atomic mass is 32.1. The van der Waals surface area contributed by atoms with Crippen LogP contribution < -0.4 is 49.1 Å². The van der Waals surface area contributed by atoms with Gasteiger partial charge in [-0.2, -0.15) is 0 Å². The Hall–Kier alpha value is -5.33. The Labute approximate surface area is 300 Å². The topological polar surface area (TPSA) is 313 Å². The van der Waals surface area contributed by atoms with Crippen LogP contribution in [0.5, 0.6) is 0 Å². The van der Waals surface area contributed by atoms with Gasteiger partial charge in [0.05, 0.1) is 16.3 Å². The van der Waals surface area contributed by atoms with E-state index in [4.69, 9.17) is 28.0 Å². The molecule has 0 fully saturated rings. The van der Waals surface area contributed by atoms with E-state index in [1.54, 1.807) is 12.1 Å². The molecule has 0 aliphatic rings. The largest absolute Gasteiger partial charge is 0.370 e. The molecule has 0 aliphatic carbocycles. The summed E-state index contributed by atoms with van der Waals surface area (Å²) in [5.74, 6) is -4.34. The number of nitrogens with one attached hydrogen (secondary N) is 8. The lowest BCUT2D eigenvalue weighted by molar-refractivity contribution is -0.134. The van der Waals surface area contributed by atoms with Crippen LogP contribution in [0.1, 0.15) is 75.5 Å².